The van der Waals surface area contributed by atoms with Gasteiger partial charge in [0.05, 0.1) is 5.25 Å². The number of nitrogens with zero attached hydrogens (tertiary/aromatic N) is 2. The van der Waals surface area contributed by atoms with Crippen molar-refractivity contribution in [2.24, 2.45) is 0 Å². The van der Waals surface area contributed by atoms with Crippen LogP contribution < -0.4 is 10.6 Å². The maximum atomic E-state index is 12.5. The zero-order valence-corrected chi connectivity index (χ0v) is 20.6. The summed E-state index contributed by atoms with van der Waals surface area (Å²) in [5.41, 5.74) is 4.87. The Morgan fingerprint density at radius 1 is 0.972 bits per heavy atom. The lowest BCUT2D eigenvalue weighted by Crippen LogP contribution is -2.25. The van der Waals surface area contributed by atoms with E-state index in [1.807, 2.05) is 47.8 Å². The van der Waals surface area contributed by atoms with Gasteiger partial charge in [-0.25, -0.2) is 4.98 Å². The van der Waals surface area contributed by atoms with Crippen molar-refractivity contribution in [3.8, 4) is 0 Å². The number of thioether (sulfide) groups is 1. The first-order valence-electron chi connectivity index (χ1n) is 11.4. The molecule has 6 rings (SSSR count). The molecule has 1 aliphatic heterocycles. The fraction of sp³-hybridized carbons (Fsp3) is 0.111. The number of aromatic nitrogens is 2. The summed E-state index contributed by atoms with van der Waals surface area (Å²) < 4.78 is 2.26. The Kier molecular flexibility index (Phi) is 5.79. The number of hydrogen-bond donors (Lipinski definition) is 2. The van der Waals surface area contributed by atoms with E-state index in [1.54, 1.807) is 6.20 Å². The van der Waals surface area contributed by atoms with Crippen LogP contribution in [-0.4, -0.2) is 31.9 Å². The Morgan fingerprint density at radius 3 is 2.50 bits per heavy atom. The predicted octanol–water partition coefficient (Wildman–Crippen LogP) is 5.45. The molecule has 0 radical (unpaired) electrons. The smallest absolute Gasteiger partial charge is 0.286 e. The topological polar surface area (TPSA) is 93.1 Å². The van der Waals surface area contributed by atoms with Crippen molar-refractivity contribution in [2.75, 3.05) is 5.32 Å². The fourth-order valence-electron chi connectivity index (χ4n) is 4.54. The lowest BCUT2D eigenvalue weighted by molar-refractivity contribution is -0.118. The van der Waals surface area contributed by atoms with Crippen LogP contribution in [0.4, 0.5) is 9.93 Å². The molecule has 0 aliphatic carbocycles. The summed E-state index contributed by atoms with van der Waals surface area (Å²) in [6.07, 6.45) is 2.16. The van der Waals surface area contributed by atoms with Gasteiger partial charge in [-0.3, -0.25) is 25.0 Å². The monoisotopic (exact) mass is 512 g/mol. The molecule has 3 amide bonds. The van der Waals surface area contributed by atoms with Gasteiger partial charge in [0, 0.05) is 45.5 Å². The van der Waals surface area contributed by atoms with Gasteiger partial charge in [0.2, 0.25) is 5.91 Å². The van der Waals surface area contributed by atoms with Gasteiger partial charge < -0.3 is 4.57 Å². The molecule has 0 bridgehead atoms. The predicted molar refractivity (Wildman–Crippen MR) is 144 cm³/mol. The molecule has 178 valence electrons. The van der Waals surface area contributed by atoms with Gasteiger partial charge in [0.15, 0.2) is 5.13 Å². The highest BCUT2D eigenvalue weighted by atomic mass is 32.2. The van der Waals surface area contributed by atoms with Crippen molar-refractivity contribution in [2.45, 2.75) is 18.2 Å². The summed E-state index contributed by atoms with van der Waals surface area (Å²) in [6, 6.07) is 22.1. The minimum absolute atomic E-state index is 0.184. The molecule has 9 heteroatoms. The molecule has 7 nitrogen and oxygen atoms in total. The van der Waals surface area contributed by atoms with E-state index in [2.05, 4.69) is 44.5 Å². The lowest BCUT2D eigenvalue weighted by Gasteiger charge is -2.10. The Labute approximate surface area is 214 Å². The number of para-hydroxylation sites is 1. The van der Waals surface area contributed by atoms with Crippen LogP contribution in [-0.2, 0) is 17.8 Å². The Balaban J connectivity index is 1.29. The largest absolute Gasteiger partial charge is 0.336 e. The van der Waals surface area contributed by atoms with E-state index in [1.165, 1.54) is 11.3 Å². The number of nitrogens with one attached hydrogen (secondary N) is 2. The van der Waals surface area contributed by atoms with E-state index < -0.39 is 5.25 Å². The molecular formula is C27H20N4O3S2. The molecule has 1 saturated heterocycles. The molecule has 1 atom stereocenters. The van der Waals surface area contributed by atoms with Crippen LogP contribution in [0.5, 0.6) is 0 Å². The molecule has 2 aromatic heterocycles. The first-order chi connectivity index (χ1) is 17.5. The van der Waals surface area contributed by atoms with Crippen LogP contribution in [0.1, 0.15) is 21.5 Å². The maximum absolute atomic E-state index is 12.5. The SMILES string of the molecule is O=C1NC(=O)C(Cc2ccc3c(c2)c2ccccc2n3Cc2ccc(C(=O)Nc3nccs3)cc2)S1. The van der Waals surface area contributed by atoms with Gasteiger partial charge in [-0.2, -0.15) is 0 Å². The summed E-state index contributed by atoms with van der Waals surface area (Å²) in [4.78, 5) is 40.2. The van der Waals surface area contributed by atoms with Gasteiger partial charge in [0.25, 0.3) is 11.1 Å². The zero-order chi connectivity index (χ0) is 24.6. The van der Waals surface area contributed by atoms with Crippen molar-refractivity contribution in [1.82, 2.24) is 14.9 Å². The number of benzene rings is 3. The van der Waals surface area contributed by atoms with Crippen molar-refractivity contribution >= 4 is 67.1 Å². The van der Waals surface area contributed by atoms with Crippen LogP contribution in [0, 0.1) is 0 Å². The molecule has 1 unspecified atom stereocenters. The van der Waals surface area contributed by atoms with Crippen LogP contribution in [0.2, 0.25) is 0 Å². The van der Waals surface area contributed by atoms with Crippen LogP contribution in [0.3, 0.4) is 0 Å². The fourth-order valence-corrected chi connectivity index (χ4v) is 5.92. The number of thiazole rings is 1. The van der Waals surface area contributed by atoms with Gasteiger partial charge in [-0.15, -0.1) is 11.3 Å². The van der Waals surface area contributed by atoms with Crippen LogP contribution in [0.15, 0.2) is 78.3 Å². The van der Waals surface area contributed by atoms with Gasteiger partial charge in [0.1, 0.15) is 0 Å². The standard InChI is InChI=1S/C27H20N4O3S2/c32-24(29-26-28-11-12-35-26)18-8-5-16(6-9-18)15-31-21-4-2-1-3-19(21)20-13-17(7-10-22(20)31)14-23-25(33)30-27(34)36-23/h1-13,23H,14-15H2,(H,28,29,32)(H,30,33,34). The first kappa shape index (κ1) is 22.5. The number of carbonyl (C=O) groups excluding carboxylic acids is 3. The highest BCUT2D eigenvalue weighted by Gasteiger charge is 2.31. The average molecular weight is 513 g/mol. The molecule has 2 N–H and O–H groups in total. The van der Waals surface area contributed by atoms with Gasteiger partial charge >= 0.3 is 0 Å². The molecule has 0 saturated carbocycles. The minimum atomic E-state index is -0.394. The Hall–Kier alpha value is -3.95. The van der Waals surface area contributed by atoms with E-state index in [9.17, 15) is 14.4 Å². The summed E-state index contributed by atoms with van der Waals surface area (Å²) in [5, 5.41) is 9.13. The molecular weight excluding hydrogens is 492 g/mol. The summed E-state index contributed by atoms with van der Waals surface area (Å²) in [5.74, 6) is -0.409. The number of anilines is 1. The third-order valence-electron chi connectivity index (χ3n) is 6.23. The first-order valence-corrected chi connectivity index (χ1v) is 13.1. The van der Waals surface area contributed by atoms with Crippen LogP contribution >= 0.6 is 23.1 Å². The van der Waals surface area contributed by atoms with E-state index >= 15 is 0 Å². The van der Waals surface area contributed by atoms with Crippen LogP contribution in [0.25, 0.3) is 21.8 Å². The zero-order valence-electron chi connectivity index (χ0n) is 18.9. The second-order valence-corrected chi connectivity index (χ2v) is 10.6. The molecule has 3 aromatic carbocycles. The number of hydrogen-bond acceptors (Lipinski definition) is 6. The third-order valence-corrected chi connectivity index (χ3v) is 7.90. The van der Waals surface area contributed by atoms with E-state index in [0.717, 1.165) is 44.7 Å². The summed E-state index contributed by atoms with van der Waals surface area (Å²) in [7, 11) is 0. The lowest BCUT2D eigenvalue weighted by atomic mass is 10.1. The highest BCUT2D eigenvalue weighted by molar-refractivity contribution is 8.15. The van der Waals surface area contributed by atoms with Crippen molar-refractivity contribution < 1.29 is 14.4 Å². The third kappa shape index (κ3) is 4.27. The van der Waals surface area contributed by atoms with E-state index in [0.29, 0.717) is 23.7 Å². The number of rotatable bonds is 6. The highest BCUT2D eigenvalue weighted by Crippen LogP contribution is 2.32. The summed E-state index contributed by atoms with van der Waals surface area (Å²) >= 11 is 2.43. The van der Waals surface area contributed by atoms with Gasteiger partial charge in [-0.05, 0) is 47.9 Å². The van der Waals surface area contributed by atoms with Gasteiger partial charge in [-0.1, -0.05) is 48.2 Å². The number of fused-ring (bicyclic) bond motifs is 3. The molecule has 1 aliphatic rings. The molecule has 0 spiro atoms. The van der Waals surface area contributed by atoms with Crippen molar-refractivity contribution in [3.05, 3.63) is 95.0 Å². The van der Waals surface area contributed by atoms with Crippen molar-refractivity contribution in [1.29, 1.82) is 0 Å². The minimum Gasteiger partial charge on any atom is -0.336 e. The Morgan fingerprint density at radius 2 is 1.75 bits per heavy atom. The van der Waals surface area contributed by atoms with E-state index in [-0.39, 0.29) is 17.1 Å². The molecule has 36 heavy (non-hydrogen) atoms. The second-order valence-electron chi connectivity index (χ2n) is 8.53. The number of amides is 3. The maximum Gasteiger partial charge on any atom is 0.286 e. The number of carbonyl (C=O) groups is 3. The summed E-state index contributed by atoms with van der Waals surface area (Å²) in [6.45, 7) is 0.646. The molecule has 3 heterocycles. The quantitative estimate of drug-likeness (QED) is 0.316. The average Bonchev–Trinajstić information content (AvgIpc) is 3.58. The molecule has 5 aromatic rings. The Bertz CT molecular complexity index is 1620. The second kappa shape index (κ2) is 9.25. The number of imide groups is 1. The normalized spacial score (nSPS) is 15.5. The van der Waals surface area contributed by atoms with Crippen molar-refractivity contribution in [3.63, 3.8) is 0 Å². The van der Waals surface area contributed by atoms with E-state index in [4.69, 9.17) is 0 Å². The molecule has 1 fully saturated rings.